The molecule has 0 aromatic rings. The lowest BCUT2D eigenvalue weighted by atomic mass is 9.93. The zero-order chi connectivity index (χ0) is 8.32. The third-order valence-corrected chi connectivity index (χ3v) is 1.69. The van der Waals surface area contributed by atoms with Crippen LogP contribution in [0.25, 0.3) is 0 Å². The maximum Gasteiger partial charge on any atom is 0.308 e. The molecular weight excluding hydrogens is 182 g/mol. The lowest BCUT2D eigenvalue weighted by molar-refractivity contribution is -0.150. The first-order chi connectivity index (χ1) is 5.16. The van der Waals surface area contributed by atoms with Crippen LogP contribution >= 0.6 is 12.4 Å². The zero-order valence-corrected chi connectivity index (χ0v) is 7.82. The monoisotopic (exact) mass is 195 g/mol. The summed E-state index contributed by atoms with van der Waals surface area (Å²) < 4.78 is 4.69. The fourth-order valence-electron chi connectivity index (χ4n) is 1.02. The first-order valence-corrected chi connectivity index (χ1v) is 3.75. The average Bonchev–Trinajstić information content (AvgIpc) is 1.85. The number of nitrogens with one attached hydrogen (secondary N) is 1. The van der Waals surface area contributed by atoms with Gasteiger partial charge >= 0.3 is 5.97 Å². The fraction of sp³-hybridized carbons (Fsp3) is 0.857. The molecule has 12 heavy (non-hydrogen) atoms. The molecule has 1 fully saturated rings. The smallest absolute Gasteiger partial charge is 0.308 e. The fourth-order valence-corrected chi connectivity index (χ4v) is 1.02. The molecule has 1 heterocycles. The van der Waals surface area contributed by atoms with Crippen LogP contribution in [-0.2, 0) is 9.53 Å². The highest BCUT2D eigenvalue weighted by Gasteiger charge is 2.36. The maximum atomic E-state index is 10.8. The topological polar surface area (TPSA) is 58.6 Å². The van der Waals surface area contributed by atoms with Gasteiger partial charge in [0.2, 0.25) is 0 Å². The summed E-state index contributed by atoms with van der Waals surface area (Å²) in [5, 5.41) is 12.3. The highest BCUT2D eigenvalue weighted by Crippen LogP contribution is 2.15. The molecule has 0 spiro atoms. The predicted molar refractivity (Wildman–Crippen MR) is 46.3 cm³/mol. The summed E-state index contributed by atoms with van der Waals surface area (Å²) in [6.07, 6.45) is 0.105. The van der Waals surface area contributed by atoms with Crippen molar-refractivity contribution >= 4 is 18.4 Å². The lowest BCUT2D eigenvalue weighted by Gasteiger charge is -2.36. The summed E-state index contributed by atoms with van der Waals surface area (Å²) in [7, 11) is 0. The van der Waals surface area contributed by atoms with Gasteiger partial charge in [-0.1, -0.05) is 0 Å². The molecule has 0 aromatic heterocycles. The molecule has 5 heteroatoms. The largest absolute Gasteiger partial charge is 0.466 e. The van der Waals surface area contributed by atoms with Gasteiger partial charge < -0.3 is 15.2 Å². The summed E-state index contributed by atoms with van der Waals surface area (Å²) >= 11 is 0. The molecule has 0 bridgehead atoms. The molecule has 0 amide bonds. The summed E-state index contributed by atoms with van der Waals surface area (Å²) in [4.78, 5) is 10.8. The van der Waals surface area contributed by atoms with Crippen molar-refractivity contribution in [3.8, 4) is 0 Å². The number of hydrogen-bond donors (Lipinski definition) is 2. The summed E-state index contributed by atoms with van der Waals surface area (Å²) in [6, 6.07) is 0. The Kier molecular flexibility index (Phi) is 4.52. The molecule has 0 atom stereocenters. The average molecular weight is 196 g/mol. The molecule has 0 aromatic carbocycles. The standard InChI is InChI=1S/C7H13NO3.ClH/c1-2-11-6(9)3-7(10)4-8-5-7;/h8,10H,2-5H2,1H3;1H. The number of β-amino-alcohol motifs (C(OH)–C–C–N with tert-alkyl or cyclic N) is 1. The highest BCUT2D eigenvalue weighted by atomic mass is 35.5. The van der Waals surface area contributed by atoms with Crippen LogP contribution in [-0.4, -0.2) is 36.4 Å². The number of ether oxygens (including phenoxy) is 1. The highest BCUT2D eigenvalue weighted by molar-refractivity contribution is 5.85. The Balaban J connectivity index is 0.00000121. The minimum absolute atomic E-state index is 0. The molecule has 1 saturated heterocycles. The number of halogens is 1. The zero-order valence-electron chi connectivity index (χ0n) is 7.00. The van der Waals surface area contributed by atoms with Crippen molar-refractivity contribution in [2.24, 2.45) is 0 Å². The minimum Gasteiger partial charge on any atom is -0.466 e. The van der Waals surface area contributed by atoms with Crippen molar-refractivity contribution in [1.82, 2.24) is 5.32 Å². The van der Waals surface area contributed by atoms with Gasteiger partial charge in [-0.2, -0.15) is 0 Å². The van der Waals surface area contributed by atoms with E-state index in [2.05, 4.69) is 10.1 Å². The van der Waals surface area contributed by atoms with Gasteiger partial charge in [0.15, 0.2) is 0 Å². The van der Waals surface area contributed by atoms with E-state index in [4.69, 9.17) is 0 Å². The van der Waals surface area contributed by atoms with E-state index < -0.39 is 5.60 Å². The molecule has 4 nitrogen and oxygen atoms in total. The van der Waals surface area contributed by atoms with Crippen molar-refractivity contribution in [3.05, 3.63) is 0 Å². The van der Waals surface area contributed by atoms with Gasteiger partial charge in [-0.05, 0) is 6.92 Å². The van der Waals surface area contributed by atoms with E-state index in [9.17, 15) is 9.90 Å². The number of rotatable bonds is 3. The van der Waals surface area contributed by atoms with Crippen LogP contribution in [0.4, 0.5) is 0 Å². The maximum absolute atomic E-state index is 10.8. The second-order valence-electron chi connectivity index (χ2n) is 2.81. The van der Waals surface area contributed by atoms with Crippen LogP contribution in [0.2, 0.25) is 0 Å². The van der Waals surface area contributed by atoms with Crippen LogP contribution in [0.1, 0.15) is 13.3 Å². The van der Waals surface area contributed by atoms with E-state index in [0.717, 1.165) is 0 Å². The molecule has 0 unspecified atom stereocenters. The van der Waals surface area contributed by atoms with E-state index in [1.807, 2.05) is 0 Å². The van der Waals surface area contributed by atoms with Crippen LogP contribution in [0.5, 0.6) is 0 Å². The number of aliphatic hydroxyl groups is 1. The van der Waals surface area contributed by atoms with Gasteiger partial charge in [-0.25, -0.2) is 0 Å². The predicted octanol–water partition coefficient (Wildman–Crippen LogP) is -0.304. The van der Waals surface area contributed by atoms with E-state index in [1.54, 1.807) is 6.92 Å². The third kappa shape index (κ3) is 2.97. The minimum atomic E-state index is -0.841. The first kappa shape index (κ1) is 11.7. The molecule has 2 N–H and O–H groups in total. The Hall–Kier alpha value is -0.320. The quantitative estimate of drug-likeness (QED) is 0.607. The first-order valence-electron chi connectivity index (χ1n) is 3.75. The Morgan fingerprint density at radius 3 is 2.58 bits per heavy atom. The molecule has 1 aliphatic heterocycles. The van der Waals surface area contributed by atoms with Crippen molar-refractivity contribution in [2.75, 3.05) is 19.7 Å². The van der Waals surface area contributed by atoms with Crippen molar-refractivity contribution in [1.29, 1.82) is 0 Å². The number of hydrogen-bond acceptors (Lipinski definition) is 4. The summed E-state index contributed by atoms with van der Waals surface area (Å²) in [5.74, 6) is -0.323. The molecule has 1 aliphatic rings. The van der Waals surface area contributed by atoms with Gasteiger partial charge in [-0.15, -0.1) is 12.4 Å². The van der Waals surface area contributed by atoms with Gasteiger partial charge in [0.25, 0.3) is 0 Å². The Bertz CT molecular complexity index is 159. The second kappa shape index (κ2) is 4.64. The molecule has 0 saturated carbocycles. The molecular formula is C7H14ClNO3. The van der Waals surface area contributed by atoms with Crippen molar-refractivity contribution < 1.29 is 14.6 Å². The van der Waals surface area contributed by atoms with Crippen LogP contribution in [0, 0.1) is 0 Å². The van der Waals surface area contributed by atoms with Crippen LogP contribution in [0.15, 0.2) is 0 Å². The molecule has 72 valence electrons. The van der Waals surface area contributed by atoms with Crippen LogP contribution in [0.3, 0.4) is 0 Å². The van der Waals surface area contributed by atoms with E-state index >= 15 is 0 Å². The summed E-state index contributed by atoms with van der Waals surface area (Å²) in [6.45, 7) is 3.11. The Labute approximate surface area is 77.7 Å². The van der Waals surface area contributed by atoms with E-state index in [-0.39, 0.29) is 24.8 Å². The normalized spacial score (nSPS) is 18.8. The summed E-state index contributed by atoms with van der Waals surface area (Å²) in [5.41, 5.74) is -0.841. The van der Waals surface area contributed by atoms with Crippen LogP contribution < -0.4 is 5.32 Å². The van der Waals surface area contributed by atoms with Gasteiger partial charge in [-0.3, -0.25) is 4.79 Å². The molecule has 0 aliphatic carbocycles. The Morgan fingerprint density at radius 1 is 1.67 bits per heavy atom. The van der Waals surface area contributed by atoms with Gasteiger partial charge in [0, 0.05) is 13.1 Å². The number of carbonyl (C=O) groups is 1. The van der Waals surface area contributed by atoms with Crippen molar-refractivity contribution in [2.45, 2.75) is 18.9 Å². The lowest BCUT2D eigenvalue weighted by Crippen LogP contribution is -2.60. The number of carbonyl (C=O) groups excluding carboxylic acids is 1. The second-order valence-corrected chi connectivity index (χ2v) is 2.81. The number of esters is 1. The molecule has 0 radical (unpaired) electrons. The van der Waals surface area contributed by atoms with E-state index in [1.165, 1.54) is 0 Å². The van der Waals surface area contributed by atoms with Gasteiger partial charge in [0.05, 0.1) is 18.6 Å². The third-order valence-electron chi connectivity index (χ3n) is 1.69. The molecule has 1 rings (SSSR count). The van der Waals surface area contributed by atoms with E-state index in [0.29, 0.717) is 19.7 Å². The van der Waals surface area contributed by atoms with Gasteiger partial charge in [0.1, 0.15) is 0 Å². The SMILES string of the molecule is CCOC(=O)CC1(O)CNC1.Cl. The Morgan fingerprint density at radius 2 is 2.25 bits per heavy atom. The van der Waals surface area contributed by atoms with Crippen molar-refractivity contribution in [3.63, 3.8) is 0 Å².